The minimum absolute atomic E-state index is 0.0272. The highest BCUT2D eigenvalue weighted by molar-refractivity contribution is 6.45. The third kappa shape index (κ3) is 7.25. The molecule has 0 saturated carbocycles. The van der Waals surface area contributed by atoms with Crippen molar-refractivity contribution < 1.29 is 19.5 Å². The summed E-state index contributed by atoms with van der Waals surface area (Å²) in [6.07, 6.45) is 4.67. The molecule has 0 aromatic heterocycles. The fourth-order valence-corrected chi connectivity index (χ4v) is 3.93. The van der Waals surface area contributed by atoms with Crippen LogP contribution in [0.1, 0.15) is 68.3 Å². The van der Waals surface area contributed by atoms with Gasteiger partial charge in [0.05, 0.1) is 12.0 Å². The van der Waals surface area contributed by atoms with Gasteiger partial charge < -0.3 is 10.4 Å². The van der Waals surface area contributed by atoms with E-state index < -0.39 is 11.8 Å². The van der Waals surface area contributed by atoms with Crippen LogP contribution in [-0.4, -0.2) is 28.4 Å². The van der Waals surface area contributed by atoms with E-state index in [9.17, 15) is 19.5 Å². The van der Waals surface area contributed by atoms with Gasteiger partial charge in [-0.1, -0.05) is 75.6 Å². The van der Waals surface area contributed by atoms with Crippen molar-refractivity contribution in [1.82, 2.24) is 5.43 Å². The number of nitrogens with one attached hydrogen (secondary N) is 2. The van der Waals surface area contributed by atoms with Gasteiger partial charge in [-0.25, -0.2) is 5.43 Å². The number of phenols is 1. The molecule has 7 heteroatoms. The number of hydrogen-bond donors (Lipinski definition) is 3. The zero-order valence-electron chi connectivity index (χ0n) is 20.8. The molecule has 0 aliphatic heterocycles. The number of benzene rings is 3. The van der Waals surface area contributed by atoms with Gasteiger partial charge in [0.1, 0.15) is 17.2 Å². The number of nitrogens with zero attached hydrogens (tertiary/aromatic N) is 1. The highest BCUT2D eigenvalue weighted by Gasteiger charge is 2.19. The van der Waals surface area contributed by atoms with Crippen molar-refractivity contribution in [2.45, 2.75) is 58.8 Å². The molecule has 0 radical (unpaired) electrons. The van der Waals surface area contributed by atoms with Gasteiger partial charge in [-0.05, 0) is 47.4 Å². The summed E-state index contributed by atoms with van der Waals surface area (Å²) in [6.45, 7) is 4.08. The summed E-state index contributed by atoms with van der Waals surface area (Å²) in [6, 6.07) is 17.8. The van der Waals surface area contributed by atoms with Crippen LogP contribution in [0.3, 0.4) is 0 Å². The summed E-state index contributed by atoms with van der Waals surface area (Å²) in [7, 11) is 0. The van der Waals surface area contributed by atoms with Gasteiger partial charge in [0.2, 0.25) is 0 Å². The third-order valence-corrected chi connectivity index (χ3v) is 5.98. The van der Waals surface area contributed by atoms with E-state index in [2.05, 4.69) is 22.8 Å². The minimum Gasteiger partial charge on any atom is -0.507 e. The van der Waals surface area contributed by atoms with E-state index in [1.54, 1.807) is 12.1 Å². The summed E-state index contributed by atoms with van der Waals surface area (Å²) < 4.78 is 0. The zero-order valence-corrected chi connectivity index (χ0v) is 20.8. The van der Waals surface area contributed by atoms with Crippen LogP contribution in [0.4, 0.5) is 5.69 Å². The van der Waals surface area contributed by atoms with Crippen LogP contribution in [-0.2, 0) is 16.0 Å². The lowest BCUT2D eigenvalue weighted by Gasteiger charge is -2.12. The number of carbonyl (C=O) groups is 3. The van der Waals surface area contributed by atoms with Gasteiger partial charge in [0.15, 0.2) is 0 Å². The highest BCUT2D eigenvalue weighted by Crippen LogP contribution is 2.25. The molecule has 0 spiro atoms. The quantitative estimate of drug-likeness (QED) is 0.171. The maximum atomic E-state index is 13.1. The van der Waals surface area contributed by atoms with E-state index in [0.29, 0.717) is 12.1 Å². The van der Waals surface area contributed by atoms with E-state index in [1.807, 2.05) is 49.4 Å². The molecular formula is C29H33N3O4. The van der Waals surface area contributed by atoms with Gasteiger partial charge in [-0.2, -0.15) is 5.10 Å². The molecule has 0 aliphatic rings. The number of rotatable bonds is 12. The number of aryl methyl sites for hydroxylation is 1. The molecular weight excluding hydrogens is 454 g/mol. The van der Waals surface area contributed by atoms with Gasteiger partial charge in [0.25, 0.3) is 11.8 Å². The predicted molar refractivity (Wildman–Crippen MR) is 143 cm³/mol. The van der Waals surface area contributed by atoms with Crippen molar-refractivity contribution in [3.05, 3.63) is 71.8 Å². The Labute approximate surface area is 211 Å². The summed E-state index contributed by atoms with van der Waals surface area (Å²) in [5.41, 5.74) is 3.87. The van der Waals surface area contributed by atoms with Crippen LogP contribution in [0.25, 0.3) is 10.8 Å². The van der Waals surface area contributed by atoms with Crippen molar-refractivity contribution in [3.8, 4) is 5.75 Å². The van der Waals surface area contributed by atoms with E-state index in [1.165, 1.54) is 6.07 Å². The summed E-state index contributed by atoms with van der Waals surface area (Å²) in [5, 5.41) is 18.8. The molecule has 188 valence electrons. The Hall–Kier alpha value is -4.00. The number of phenolic OH excluding ortho intramolecular Hbond substituents is 1. The van der Waals surface area contributed by atoms with Gasteiger partial charge in [0, 0.05) is 12.1 Å². The average Bonchev–Trinajstić information content (AvgIpc) is 2.88. The number of para-hydroxylation sites is 1. The van der Waals surface area contributed by atoms with Gasteiger partial charge >= 0.3 is 0 Å². The van der Waals surface area contributed by atoms with Crippen LogP contribution < -0.4 is 10.7 Å². The fraction of sp³-hybridized carbons (Fsp3) is 0.310. The van der Waals surface area contributed by atoms with Crippen molar-refractivity contribution >= 4 is 39.8 Å². The number of amides is 2. The van der Waals surface area contributed by atoms with Crippen LogP contribution in [0.2, 0.25) is 0 Å². The Balaban J connectivity index is 1.80. The summed E-state index contributed by atoms with van der Waals surface area (Å²) in [5.74, 6) is -1.54. The standard InChI is InChI=1S/C29H33N3O4/c1-3-5-6-7-15-23(33)19-26(29(36)30-25-16-11-10-12-20(25)4-2)31-32-28(35)24-17-21-13-8-9-14-22(21)18-27(24)34/h8-14,16-18,34H,3-7,15,19H2,1-2H3,(H,30,36)(H,32,35)/b31-26+. The molecule has 3 rings (SSSR count). The van der Waals surface area contributed by atoms with E-state index in [-0.39, 0.29) is 29.2 Å². The molecule has 7 nitrogen and oxygen atoms in total. The number of hydrazone groups is 1. The Morgan fingerprint density at radius 2 is 1.58 bits per heavy atom. The first-order valence-corrected chi connectivity index (χ1v) is 12.4. The third-order valence-electron chi connectivity index (χ3n) is 5.98. The monoisotopic (exact) mass is 487 g/mol. The van der Waals surface area contributed by atoms with Gasteiger partial charge in [-0.3, -0.25) is 14.4 Å². The SMILES string of the molecule is CCCCCCC(=O)C/C(=N\NC(=O)c1cc2ccccc2cc1O)C(=O)Nc1ccccc1CC. The number of anilines is 1. The Kier molecular flexibility index (Phi) is 9.74. The maximum absolute atomic E-state index is 13.1. The Bertz CT molecular complexity index is 1270. The molecule has 36 heavy (non-hydrogen) atoms. The number of hydrogen-bond acceptors (Lipinski definition) is 5. The normalized spacial score (nSPS) is 11.3. The maximum Gasteiger partial charge on any atom is 0.275 e. The molecule has 0 saturated heterocycles. The first kappa shape index (κ1) is 26.6. The van der Waals surface area contributed by atoms with Crippen molar-refractivity contribution in [2.75, 3.05) is 5.32 Å². The number of fused-ring (bicyclic) bond motifs is 1. The molecule has 0 heterocycles. The topological polar surface area (TPSA) is 108 Å². The predicted octanol–water partition coefficient (Wildman–Crippen LogP) is 5.76. The van der Waals surface area contributed by atoms with E-state index in [4.69, 9.17) is 0 Å². The molecule has 0 atom stereocenters. The molecule has 3 N–H and O–H groups in total. The largest absolute Gasteiger partial charge is 0.507 e. The number of carbonyl (C=O) groups excluding carboxylic acids is 3. The molecule has 3 aromatic rings. The fourth-order valence-electron chi connectivity index (χ4n) is 3.93. The highest BCUT2D eigenvalue weighted by atomic mass is 16.3. The van der Waals surface area contributed by atoms with Crippen LogP contribution in [0.15, 0.2) is 65.8 Å². The molecule has 0 fully saturated rings. The smallest absolute Gasteiger partial charge is 0.275 e. The lowest BCUT2D eigenvalue weighted by Crippen LogP contribution is -2.30. The first-order valence-electron chi connectivity index (χ1n) is 12.4. The van der Waals surface area contributed by atoms with Crippen LogP contribution in [0, 0.1) is 0 Å². The van der Waals surface area contributed by atoms with Crippen molar-refractivity contribution in [2.24, 2.45) is 5.10 Å². The molecule has 3 aromatic carbocycles. The molecule has 0 unspecified atom stereocenters. The molecule has 0 bridgehead atoms. The number of aromatic hydroxyl groups is 1. The number of unbranched alkanes of at least 4 members (excludes halogenated alkanes) is 3. The van der Waals surface area contributed by atoms with Crippen LogP contribution >= 0.6 is 0 Å². The Morgan fingerprint density at radius 3 is 2.31 bits per heavy atom. The number of ketones is 1. The average molecular weight is 488 g/mol. The molecule has 0 aliphatic carbocycles. The van der Waals surface area contributed by atoms with Crippen molar-refractivity contribution in [1.29, 1.82) is 0 Å². The van der Waals surface area contributed by atoms with Crippen LogP contribution in [0.5, 0.6) is 5.75 Å². The van der Waals surface area contributed by atoms with E-state index >= 15 is 0 Å². The molecule has 2 amide bonds. The zero-order chi connectivity index (χ0) is 25.9. The Morgan fingerprint density at radius 1 is 0.889 bits per heavy atom. The van der Waals surface area contributed by atoms with Crippen molar-refractivity contribution in [3.63, 3.8) is 0 Å². The lowest BCUT2D eigenvalue weighted by molar-refractivity contribution is -0.119. The van der Waals surface area contributed by atoms with Gasteiger partial charge in [-0.15, -0.1) is 0 Å². The summed E-state index contributed by atoms with van der Waals surface area (Å²) in [4.78, 5) is 38.5. The lowest BCUT2D eigenvalue weighted by atomic mass is 10.1. The minimum atomic E-state index is -0.673. The van der Waals surface area contributed by atoms with E-state index in [0.717, 1.165) is 48.4 Å². The summed E-state index contributed by atoms with van der Waals surface area (Å²) >= 11 is 0. The second kappa shape index (κ2) is 13.2. The second-order valence-corrected chi connectivity index (χ2v) is 8.71. The number of Topliss-reactive ketones (excluding diaryl/α,β-unsaturated/α-hetero) is 1. The first-order chi connectivity index (χ1) is 17.4. The second-order valence-electron chi connectivity index (χ2n) is 8.71.